The molecule has 1 aromatic heterocycles. The Bertz CT molecular complexity index is 842. The molecule has 0 saturated carbocycles. The molecule has 1 fully saturated rings. The molecule has 140 valence electrons. The predicted molar refractivity (Wildman–Crippen MR) is 90.4 cm³/mol. The van der Waals surface area contributed by atoms with E-state index in [0.717, 1.165) is 9.60 Å². The van der Waals surface area contributed by atoms with Gasteiger partial charge >= 0.3 is 12.3 Å². The van der Waals surface area contributed by atoms with Gasteiger partial charge in [0.05, 0.1) is 10.2 Å². The van der Waals surface area contributed by atoms with E-state index in [-0.39, 0.29) is 6.54 Å². The molecule has 1 aliphatic heterocycles. The first-order chi connectivity index (χ1) is 12.2. The molecule has 0 aliphatic carbocycles. The molecule has 1 aromatic carbocycles. The van der Waals surface area contributed by atoms with Gasteiger partial charge in [-0.1, -0.05) is 11.6 Å². The van der Waals surface area contributed by atoms with Gasteiger partial charge in [-0.2, -0.15) is 13.2 Å². The Morgan fingerprint density at radius 3 is 2.92 bits per heavy atom. The number of hydrogen-bond donors (Lipinski definition) is 1. The average molecular weight is 408 g/mol. The lowest BCUT2D eigenvalue weighted by Crippen LogP contribution is -2.44. The molecule has 2 amide bonds. The third-order valence-corrected chi connectivity index (χ3v) is 4.90. The van der Waals surface area contributed by atoms with E-state index < -0.39 is 30.8 Å². The Hall–Kier alpha value is -2.07. The van der Waals surface area contributed by atoms with Crippen LogP contribution in [0.15, 0.2) is 18.2 Å². The Kier molecular flexibility index (Phi) is 5.24. The molecular weight excluding hydrogens is 395 g/mol. The first-order valence-corrected chi connectivity index (χ1v) is 8.79. The van der Waals surface area contributed by atoms with Crippen LogP contribution in [0.1, 0.15) is 12.8 Å². The highest BCUT2D eigenvalue weighted by Gasteiger charge is 2.37. The van der Waals surface area contributed by atoms with Crippen LogP contribution in [0.3, 0.4) is 0 Å². The topological polar surface area (TPSA) is 71.5 Å². The third-order valence-electron chi connectivity index (χ3n) is 3.78. The monoisotopic (exact) mass is 407 g/mol. The predicted octanol–water partition coefficient (Wildman–Crippen LogP) is 4.05. The lowest BCUT2D eigenvalue weighted by atomic mass is 10.2. The second kappa shape index (κ2) is 7.28. The minimum Gasteiger partial charge on any atom is -0.440 e. The van der Waals surface area contributed by atoms with E-state index in [0.29, 0.717) is 28.5 Å². The number of alkyl halides is 3. The number of nitrogens with zero attached hydrogens (tertiary/aromatic N) is 2. The van der Waals surface area contributed by atoms with Crippen LogP contribution in [0.25, 0.3) is 10.2 Å². The number of aromatic nitrogens is 1. The molecule has 2 heterocycles. The van der Waals surface area contributed by atoms with Crippen LogP contribution in [0.2, 0.25) is 4.47 Å². The van der Waals surface area contributed by atoms with E-state index >= 15 is 0 Å². The van der Waals surface area contributed by atoms with Gasteiger partial charge < -0.3 is 10.1 Å². The fraction of sp³-hybridized carbons (Fsp3) is 0.400. The number of rotatable bonds is 3. The molecule has 6 nitrogen and oxygen atoms in total. The molecule has 0 spiro atoms. The van der Waals surface area contributed by atoms with Crippen molar-refractivity contribution in [3.8, 4) is 0 Å². The maximum atomic E-state index is 12.5. The van der Waals surface area contributed by atoms with Crippen LogP contribution < -0.4 is 5.32 Å². The molecule has 1 N–H and O–H groups in total. The van der Waals surface area contributed by atoms with E-state index in [9.17, 15) is 22.8 Å². The van der Waals surface area contributed by atoms with E-state index in [1.54, 1.807) is 18.2 Å². The summed E-state index contributed by atoms with van der Waals surface area (Å²) in [5.74, 6) is -0.485. The highest BCUT2D eigenvalue weighted by Crippen LogP contribution is 2.28. The number of fused-ring (bicyclic) bond motifs is 1. The van der Waals surface area contributed by atoms with E-state index in [2.05, 4.69) is 15.0 Å². The zero-order valence-corrected chi connectivity index (χ0v) is 14.7. The van der Waals surface area contributed by atoms with Gasteiger partial charge in [-0.3, -0.25) is 9.69 Å². The summed E-state index contributed by atoms with van der Waals surface area (Å²) in [5, 5.41) is 2.67. The Labute approximate surface area is 154 Å². The molecule has 1 aliphatic rings. The molecule has 3 rings (SSSR count). The van der Waals surface area contributed by atoms with Crippen LogP contribution in [0.5, 0.6) is 0 Å². The fourth-order valence-corrected chi connectivity index (χ4v) is 3.75. The number of anilines is 1. The maximum absolute atomic E-state index is 12.5. The van der Waals surface area contributed by atoms with Gasteiger partial charge in [0.1, 0.15) is 6.04 Å². The minimum atomic E-state index is -4.61. The zero-order valence-electron chi connectivity index (χ0n) is 13.2. The number of hydrogen-bond acceptors (Lipinski definition) is 5. The lowest BCUT2D eigenvalue weighted by molar-refractivity contribution is -0.162. The Balaban J connectivity index is 1.66. The average Bonchev–Trinajstić information content (AvgIpc) is 3.17. The van der Waals surface area contributed by atoms with Crippen LogP contribution in [0.4, 0.5) is 23.7 Å². The standard InChI is InChI=1S/C15H13ClF3N3O3S/c16-13-21-9-4-3-8(6-11(9)26-13)20-12(23)10-2-1-5-22(10)14(24)25-7-15(17,18)19/h3-4,6,10H,1-2,5,7H2,(H,20,23)/t10-/m0/s1. The number of likely N-dealkylation sites (tertiary alicyclic amines) is 1. The van der Waals surface area contributed by atoms with Crippen molar-refractivity contribution >= 4 is 50.8 Å². The number of nitrogens with one attached hydrogen (secondary N) is 1. The summed E-state index contributed by atoms with van der Waals surface area (Å²) in [7, 11) is 0. The lowest BCUT2D eigenvalue weighted by Gasteiger charge is -2.23. The first kappa shape index (κ1) is 18.7. The molecule has 2 aromatic rings. The summed E-state index contributed by atoms with van der Waals surface area (Å²) in [6.45, 7) is -1.52. The van der Waals surface area contributed by atoms with Gasteiger partial charge in [-0.15, -0.1) is 11.3 Å². The van der Waals surface area contributed by atoms with Gasteiger partial charge in [-0.05, 0) is 31.0 Å². The highest BCUT2D eigenvalue weighted by molar-refractivity contribution is 7.22. The van der Waals surface area contributed by atoms with Crippen molar-refractivity contribution in [2.45, 2.75) is 25.1 Å². The van der Waals surface area contributed by atoms with Crippen LogP contribution >= 0.6 is 22.9 Å². The second-order valence-electron chi connectivity index (χ2n) is 5.66. The number of carbonyl (C=O) groups is 2. The zero-order chi connectivity index (χ0) is 18.9. The normalized spacial score (nSPS) is 17.5. The molecule has 1 atom stereocenters. The van der Waals surface area contributed by atoms with Crippen LogP contribution in [-0.2, 0) is 9.53 Å². The summed E-state index contributed by atoms with van der Waals surface area (Å²) in [5.41, 5.74) is 1.18. The quantitative estimate of drug-likeness (QED) is 0.833. The number of amides is 2. The highest BCUT2D eigenvalue weighted by atomic mass is 35.5. The van der Waals surface area contributed by atoms with Crippen LogP contribution in [-0.4, -0.2) is 47.3 Å². The van der Waals surface area contributed by atoms with Gasteiger partial charge in [0.25, 0.3) is 0 Å². The maximum Gasteiger partial charge on any atom is 0.422 e. The van der Waals surface area contributed by atoms with Gasteiger partial charge in [0.15, 0.2) is 11.1 Å². The van der Waals surface area contributed by atoms with E-state index in [4.69, 9.17) is 11.6 Å². The Morgan fingerprint density at radius 2 is 2.19 bits per heavy atom. The molecule has 1 saturated heterocycles. The largest absolute Gasteiger partial charge is 0.440 e. The number of ether oxygens (including phenoxy) is 1. The number of benzene rings is 1. The number of thiazole rings is 1. The fourth-order valence-electron chi connectivity index (χ4n) is 2.68. The summed E-state index contributed by atoms with van der Waals surface area (Å²) >= 11 is 7.09. The number of halogens is 4. The van der Waals surface area contributed by atoms with Crippen molar-refractivity contribution in [2.75, 3.05) is 18.5 Å². The van der Waals surface area contributed by atoms with Crippen molar-refractivity contribution < 1.29 is 27.5 Å². The minimum absolute atomic E-state index is 0.165. The molecule has 11 heteroatoms. The molecule has 0 radical (unpaired) electrons. The van der Waals surface area contributed by atoms with Crippen molar-refractivity contribution in [1.29, 1.82) is 0 Å². The summed E-state index contributed by atoms with van der Waals surface area (Å²) in [6, 6.07) is 4.14. The van der Waals surface area contributed by atoms with Crippen molar-refractivity contribution in [1.82, 2.24) is 9.88 Å². The van der Waals surface area contributed by atoms with E-state index in [1.807, 2.05) is 0 Å². The van der Waals surface area contributed by atoms with Crippen molar-refractivity contribution in [3.05, 3.63) is 22.7 Å². The molecule has 0 bridgehead atoms. The van der Waals surface area contributed by atoms with Gasteiger partial charge in [0.2, 0.25) is 5.91 Å². The van der Waals surface area contributed by atoms with Crippen molar-refractivity contribution in [3.63, 3.8) is 0 Å². The molecule has 0 unspecified atom stereocenters. The Morgan fingerprint density at radius 1 is 1.42 bits per heavy atom. The summed E-state index contributed by atoms with van der Waals surface area (Å²) in [4.78, 5) is 29.4. The molecule has 26 heavy (non-hydrogen) atoms. The summed E-state index contributed by atoms with van der Waals surface area (Å²) < 4.78 is 42.0. The smallest absolute Gasteiger partial charge is 0.422 e. The SMILES string of the molecule is O=C(Nc1ccc2nc(Cl)sc2c1)[C@@H]1CCCN1C(=O)OCC(F)(F)F. The number of carbonyl (C=O) groups excluding carboxylic acids is 2. The summed E-state index contributed by atoms with van der Waals surface area (Å²) in [6.07, 6.45) is -4.91. The third kappa shape index (κ3) is 4.36. The van der Waals surface area contributed by atoms with Gasteiger partial charge in [-0.25, -0.2) is 9.78 Å². The van der Waals surface area contributed by atoms with E-state index in [1.165, 1.54) is 11.3 Å². The van der Waals surface area contributed by atoms with Crippen LogP contribution in [0, 0.1) is 0 Å². The molecular formula is C15H13ClF3N3O3S. The first-order valence-electron chi connectivity index (χ1n) is 7.60. The second-order valence-corrected chi connectivity index (χ2v) is 7.27. The van der Waals surface area contributed by atoms with Gasteiger partial charge in [0, 0.05) is 12.2 Å². The van der Waals surface area contributed by atoms with Crippen molar-refractivity contribution in [2.24, 2.45) is 0 Å².